The standard InChI is InChI=1S/C44H23B2NO/c1-2-11-24(12-3-1)37-27-15-9-18-30-38(27)40-39-28(37)16-10-19-31(39)46-32-20-8-14-26-25-13-4-6-21-33(25)47(44(26)32)34-23-36-43(41(40)42(34)46)45(30)29-17-5-7-22-35(29)48-36/h1-23H. The Bertz CT molecular complexity index is 2990. The number of aromatic nitrogens is 1. The lowest BCUT2D eigenvalue weighted by atomic mass is 9.27. The summed E-state index contributed by atoms with van der Waals surface area (Å²) in [7, 11) is 0. The molecule has 0 spiro atoms. The SMILES string of the molecule is c1ccc(-c2c3cccc4c3c3c5c(cccc25)B2c5c(cc6c(c5-3)B4c3ccccc3O6)-n3c4ccccc4c4cccc2c43)cc1. The highest BCUT2D eigenvalue weighted by molar-refractivity contribution is 7.05. The fourth-order valence-electron chi connectivity index (χ4n) is 10.2. The summed E-state index contributed by atoms with van der Waals surface area (Å²) in [6.45, 7) is 0.202. The smallest absolute Gasteiger partial charge is 0.252 e. The van der Waals surface area contributed by atoms with E-state index in [-0.39, 0.29) is 13.4 Å². The van der Waals surface area contributed by atoms with Crippen molar-refractivity contribution in [3.8, 4) is 39.4 Å². The Balaban J connectivity index is 1.34. The minimum atomic E-state index is 0.0898. The van der Waals surface area contributed by atoms with E-state index in [1.54, 1.807) is 0 Å². The predicted molar refractivity (Wildman–Crippen MR) is 202 cm³/mol. The molecule has 9 aromatic rings. The third-order valence-corrected chi connectivity index (χ3v) is 11.8. The first-order valence-electron chi connectivity index (χ1n) is 16.9. The molecule has 0 fully saturated rings. The minimum absolute atomic E-state index is 0.0898. The van der Waals surface area contributed by atoms with E-state index in [2.05, 4.69) is 144 Å². The first kappa shape index (κ1) is 24.2. The van der Waals surface area contributed by atoms with Crippen LogP contribution in [-0.4, -0.2) is 18.0 Å². The van der Waals surface area contributed by atoms with Gasteiger partial charge in [0.1, 0.15) is 11.5 Å². The van der Waals surface area contributed by atoms with Gasteiger partial charge < -0.3 is 9.30 Å². The third-order valence-electron chi connectivity index (χ3n) is 11.8. The monoisotopic (exact) mass is 603 g/mol. The van der Waals surface area contributed by atoms with Crippen LogP contribution in [0, 0.1) is 0 Å². The Morgan fingerprint density at radius 1 is 0.438 bits per heavy atom. The van der Waals surface area contributed by atoms with Crippen LogP contribution in [0.4, 0.5) is 0 Å². The van der Waals surface area contributed by atoms with E-state index in [9.17, 15) is 0 Å². The second-order valence-corrected chi connectivity index (χ2v) is 13.9. The first-order chi connectivity index (χ1) is 23.9. The zero-order valence-electron chi connectivity index (χ0n) is 25.8. The van der Waals surface area contributed by atoms with Crippen LogP contribution in [0.3, 0.4) is 0 Å². The van der Waals surface area contributed by atoms with Crippen molar-refractivity contribution in [3.63, 3.8) is 0 Å². The van der Waals surface area contributed by atoms with Crippen LogP contribution >= 0.6 is 0 Å². The molecule has 0 atom stereocenters. The molecule has 4 aliphatic heterocycles. The van der Waals surface area contributed by atoms with Crippen molar-refractivity contribution >= 4 is 89.6 Å². The second kappa shape index (κ2) is 8.10. The molecule has 0 amide bonds. The van der Waals surface area contributed by atoms with Crippen molar-refractivity contribution in [1.29, 1.82) is 0 Å². The van der Waals surface area contributed by atoms with E-state index in [0.717, 1.165) is 11.5 Å². The number of benzene rings is 8. The highest BCUT2D eigenvalue weighted by Crippen LogP contribution is 2.48. The zero-order valence-corrected chi connectivity index (χ0v) is 25.8. The molecule has 0 radical (unpaired) electrons. The van der Waals surface area contributed by atoms with E-state index in [4.69, 9.17) is 4.74 Å². The third kappa shape index (κ3) is 2.57. The number of para-hydroxylation sites is 3. The average molecular weight is 603 g/mol. The summed E-state index contributed by atoms with van der Waals surface area (Å²) in [5.41, 5.74) is 17.4. The van der Waals surface area contributed by atoms with E-state index in [0.29, 0.717) is 0 Å². The minimum Gasteiger partial charge on any atom is -0.458 e. The van der Waals surface area contributed by atoms with E-state index in [1.165, 1.54) is 104 Å². The largest absolute Gasteiger partial charge is 0.458 e. The maximum atomic E-state index is 6.98. The average Bonchev–Trinajstić information content (AvgIpc) is 3.48. The number of ether oxygens (including phenoxy) is 1. The Morgan fingerprint density at radius 2 is 1.06 bits per heavy atom. The Kier molecular flexibility index (Phi) is 4.09. The molecule has 5 heterocycles. The van der Waals surface area contributed by atoms with Gasteiger partial charge in [-0.3, -0.25) is 0 Å². The van der Waals surface area contributed by atoms with Crippen LogP contribution in [-0.2, 0) is 0 Å². The summed E-state index contributed by atoms with van der Waals surface area (Å²) >= 11 is 0. The molecule has 4 heteroatoms. The summed E-state index contributed by atoms with van der Waals surface area (Å²) in [4.78, 5) is 0. The Labute approximate surface area is 277 Å². The molecule has 48 heavy (non-hydrogen) atoms. The van der Waals surface area contributed by atoms with Gasteiger partial charge in [0, 0.05) is 28.0 Å². The zero-order chi connectivity index (χ0) is 30.8. The van der Waals surface area contributed by atoms with Gasteiger partial charge in [-0.15, -0.1) is 0 Å². The van der Waals surface area contributed by atoms with Gasteiger partial charge in [0.2, 0.25) is 6.71 Å². The lowest BCUT2D eigenvalue weighted by Crippen LogP contribution is -2.64. The molecule has 0 saturated carbocycles. The molecule has 0 aliphatic carbocycles. The summed E-state index contributed by atoms with van der Waals surface area (Å²) in [5, 5.41) is 8.06. The van der Waals surface area contributed by atoms with E-state index in [1.807, 2.05) is 0 Å². The summed E-state index contributed by atoms with van der Waals surface area (Å²) in [6, 6.07) is 52.1. The summed E-state index contributed by atoms with van der Waals surface area (Å²) < 4.78 is 9.52. The molecule has 13 rings (SSSR count). The van der Waals surface area contributed by atoms with Gasteiger partial charge in [-0.1, -0.05) is 132 Å². The van der Waals surface area contributed by atoms with Crippen molar-refractivity contribution in [1.82, 2.24) is 4.57 Å². The normalized spacial score (nSPS) is 13.9. The van der Waals surface area contributed by atoms with Gasteiger partial charge in [-0.25, -0.2) is 0 Å². The van der Waals surface area contributed by atoms with Gasteiger partial charge in [-0.05, 0) is 77.8 Å². The van der Waals surface area contributed by atoms with Crippen LogP contribution in [0.5, 0.6) is 11.5 Å². The van der Waals surface area contributed by atoms with Crippen LogP contribution in [0.25, 0.3) is 71.3 Å². The molecular weight excluding hydrogens is 580 g/mol. The van der Waals surface area contributed by atoms with E-state index < -0.39 is 0 Å². The molecule has 1 aromatic heterocycles. The summed E-state index contributed by atoms with van der Waals surface area (Å²) in [5.74, 6) is 1.94. The van der Waals surface area contributed by atoms with Crippen molar-refractivity contribution in [2.45, 2.75) is 0 Å². The molecule has 0 bridgehead atoms. The van der Waals surface area contributed by atoms with Gasteiger partial charge in [0.15, 0.2) is 0 Å². The topological polar surface area (TPSA) is 14.2 Å². The number of fused-ring (bicyclic) bond motifs is 9. The lowest BCUT2D eigenvalue weighted by Gasteiger charge is -2.42. The fourth-order valence-corrected chi connectivity index (χ4v) is 10.2. The van der Waals surface area contributed by atoms with Crippen molar-refractivity contribution in [3.05, 3.63) is 140 Å². The van der Waals surface area contributed by atoms with Gasteiger partial charge in [0.25, 0.3) is 6.71 Å². The van der Waals surface area contributed by atoms with Crippen LogP contribution in [0.15, 0.2) is 140 Å². The molecule has 2 nitrogen and oxygen atoms in total. The Morgan fingerprint density at radius 3 is 1.88 bits per heavy atom. The first-order valence-corrected chi connectivity index (χ1v) is 16.9. The quantitative estimate of drug-likeness (QED) is 0.154. The second-order valence-electron chi connectivity index (χ2n) is 13.9. The van der Waals surface area contributed by atoms with Gasteiger partial charge in [-0.2, -0.15) is 0 Å². The van der Waals surface area contributed by atoms with Gasteiger partial charge in [0.05, 0.1) is 5.52 Å². The summed E-state index contributed by atoms with van der Waals surface area (Å²) in [6.07, 6.45) is 0. The number of rotatable bonds is 1. The number of hydrogen-bond acceptors (Lipinski definition) is 1. The van der Waals surface area contributed by atoms with E-state index >= 15 is 0 Å². The predicted octanol–water partition coefficient (Wildman–Crippen LogP) is 6.50. The molecule has 0 N–H and O–H groups in total. The highest BCUT2D eigenvalue weighted by Gasteiger charge is 2.48. The maximum Gasteiger partial charge on any atom is 0.252 e. The highest BCUT2D eigenvalue weighted by atomic mass is 16.5. The van der Waals surface area contributed by atoms with Crippen molar-refractivity contribution in [2.75, 3.05) is 0 Å². The molecule has 4 aliphatic rings. The molecule has 216 valence electrons. The van der Waals surface area contributed by atoms with Crippen molar-refractivity contribution < 1.29 is 4.74 Å². The van der Waals surface area contributed by atoms with Crippen molar-refractivity contribution in [2.24, 2.45) is 0 Å². The van der Waals surface area contributed by atoms with Crippen LogP contribution in [0.1, 0.15) is 0 Å². The molecule has 8 aromatic carbocycles. The van der Waals surface area contributed by atoms with Crippen LogP contribution < -0.4 is 37.5 Å². The Hall–Kier alpha value is -5.99. The molecule has 0 saturated heterocycles. The fraction of sp³-hybridized carbons (Fsp3) is 0. The molecule has 0 unspecified atom stereocenters. The van der Waals surface area contributed by atoms with Crippen LogP contribution in [0.2, 0.25) is 0 Å². The lowest BCUT2D eigenvalue weighted by molar-refractivity contribution is 0.487. The number of nitrogens with zero attached hydrogens (tertiary/aromatic N) is 1. The van der Waals surface area contributed by atoms with Gasteiger partial charge >= 0.3 is 0 Å². The maximum absolute atomic E-state index is 6.98. The molecular formula is C44H23B2NO. The number of hydrogen-bond donors (Lipinski definition) is 0.